The minimum atomic E-state index is -0.217. The zero-order valence-corrected chi connectivity index (χ0v) is 16.0. The van der Waals surface area contributed by atoms with E-state index in [1.807, 2.05) is 13.1 Å². The molecule has 146 valence electrons. The van der Waals surface area contributed by atoms with Crippen molar-refractivity contribution < 1.29 is 13.9 Å². The fourth-order valence-electron chi connectivity index (χ4n) is 4.64. The maximum Gasteiger partial charge on any atom is 0.409 e. The fraction of sp³-hybridized carbons (Fsp3) is 0.600. The molecule has 0 spiro atoms. The minimum absolute atomic E-state index is 0.217. The highest BCUT2D eigenvalue weighted by Gasteiger charge is 2.31. The lowest BCUT2D eigenvalue weighted by molar-refractivity contribution is 0.0732. The van der Waals surface area contributed by atoms with Crippen LogP contribution < -0.4 is 0 Å². The van der Waals surface area contributed by atoms with Crippen LogP contribution in [0.2, 0.25) is 0 Å². The highest BCUT2D eigenvalue weighted by atomic mass is 19.1. The van der Waals surface area contributed by atoms with Crippen molar-refractivity contribution in [3.05, 3.63) is 29.7 Å². The van der Waals surface area contributed by atoms with Crippen molar-refractivity contribution in [2.45, 2.75) is 37.6 Å². The van der Waals surface area contributed by atoms with Gasteiger partial charge in [0.15, 0.2) is 0 Å². The summed E-state index contributed by atoms with van der Waals surface area (Å²) in [5.74, 6) is 0.204. The normalized spacial score (nSPS) is 20.3. The number of aromatic nitrogens is 2. The van der Waals surface area contributed by atoms with Gasteiger partial charge in [-0.3, -0.25) is 4.68 Å². The number of likely N-dealkylation sites (tertiary alicyclic amines) is 2. The zero-order chi connectivity index (χ0) is 19.0. The molecule has 2 saturated heterocycles. The number of carbonyl (C=O) groups excluding carboxylic acids is 1. The summed E-state index contributed by atoms with van der Waals surface area (Å²) >= 11 is 0. The number of rotatable bonds is 2. The van der Waals surface area contributed by atoms with Crippen LogP contribution in [0.1, 0.15) is 37.3 Å². The summed E-state index contributed by atoms with van der Waals surface area (Å²) in [7, 11) is 3.32. The van der Waals surface area contributed by atoms with Crippen molar-refractivity contribution in [2.75, 3.05) is 33.3 Å². The molecule has 1 aromatic carbocycles. The Bertz CT molecular complexity index is 821. The Labute approximate surface area is 158 Å². The minimum Gasteiger partial charge on any atom is -0.453 e. The number of hydrogen-bond acceptors (Lipinski definition) is 4. The van der Waals surface area contributed by atoms with E-state index in [9.17, 15) is 9.18 Å². The number of ether oxygens (including phenoxy) is 1. The van der Waals surface area contributed by atoms with Gasteiger partial charge in [0.25, 0.3) is 0 Å². The number of hydrogen-bond donors (Lipinski definition) is 0. The van der Waals surface area contributed by atoms with Crippen molar-refractivity contribution in [1.29, 1.82) is 0 Å². The second-order valence-electron chi connectivity index (χ2n) is 7.67. The van der Waals surface area contributed by atoms with E-state index < -0.39 is 0 Å². The summed E-state index contributed by atoms with van der Waals surface area (Å²) in [6, 6.07) is 5.50. The summed E-state index contributed by atoms with van der Waals surface area (Å²) in [6.07, 6.45) is 3.93. The molecule has 6 nitrogen and oxygen atoms in total. The van der Waals surface area contributed by atoms with E-state index in [0.29, 0.717) is 12.0 Å². The smallest absolute Gasteiger partial charge is 0.409 e. The molecule has 0 bridgehead atoms. The molecular weight excluding hydrogens is 347 g/mol. The van der Waals surface area contributed by atoms with E-state index in [4.69, 9.17) is 9.84 Å². The van der Waals surface area contributed by atoms with Crippen LogP contribution in [0, 0.1) is 5.82 Å². The number of carbonyl (C=O) groups is 1. The molecule has 7 heteroatoms. The summed E-state index contributed by atoms with van der Waals surface area (Å²) < 4.78 is 20.2. The Hall–Kier alpha value is -2.15. The molecule has 0 N–H and O–H groups in total. The highest BCUT2D eigenvalue weighted by Crippen LogP contribution is 2.34. The number of methoxy groups -OCH3 is 1. The first-order valence-corrected chi connectivity index (χ1v) is 9.76. The van der Waals surface area contributed by atoms with E-state index in [-0.39, 0.29) is 11.9 Å². The fourth-order valence-corrected chi connectivity index (χ4v) is 4.64. The molecule has 2 aliphatic rings. The lowest BCUT2D eigenvalue weighted by Crippen LogP contribution is -2.48. The van der Waals surface area contributed by atoms with Crippen molar-refractivity contribution in [3.63, 3.8) is 0 Å². The average molecular weight is 374 g/mol. The predicted octanol–water partition coefficient (Wildman–Crippen LogP) is 3.12. The summed E-state index contributed by atoms with van der Waals surface area (Å²) in [5, 5.41) is 5.78. The number of amides is 1. The second kappa shape index (κ2) is 7.46. The quantitative estimate of drug-likeness (QED) is 0.810. The monoisotopic (exact) mass is 374 g/mol. The van der Waals surface area contributed by atoms with Gasteiger partial charge >= 0.3 is 6.09 Å². The maximum atomic E-state index is 13.5. The van der Waals surface area contributed by atoms with E-state index >= 15 is 0 Å². The van der Waals surface area contributed by atoms with E-state index in [0.717, 1.165) is 68.5 Å². The SMILES string of the molecule is COC(=O)N1CCC(N2CCC(c3nn(C)c4cc(F)ccc34)CC2)CC1. The maximum absolute atomic E-state index is 13.5. The number of fused-ring (bicyclic) bond motifs is 1. The van der Waals surface area contributed by atoms with Crippen LogP contribution in [-0.4, -0.2) is 65.0 Å². The number of nitrogens with zero attached hydrogens (tertiary/aromatic N) is 4. The highest BCUT2D eigenvalue weighted by molar-refractivity contribution is 5.82. The first-order valence-electron chi connectivity index (χ1n) is 9.76. The largest absolute Gasteiger partial charge is 0.453 e. The van der Waals surface area contributed by atoms with Crippen LogP contribution in [0.4, 0.5) is 9.18 Å². The van der Waals surface area contributed by atoms with Crippen LogP contribution >= 0.6 is 0 Å². The third-order valence-electron chi connectivity index (χ3n) is 6.17. The van der Waals surface area contributed by atoms with Gasteiger partial charge in [0.2, 0.25) is 0 Å². The van der Waals surface area contributed by atoms with Gasteiger partial charge in [-0.2, -0.15) is 5.10 Å². The van der Waals surface area contributed by atoms with Gasteiger partial charge in [-0.05, 0) is 57.0 Å². The molecule has 2 aromatic rings. The van der Waals surface area contributed by atoms with Gasteiger partial charge in [0, 0.05) is 37.5 Å². The van der Waals surface area contributed by atoms with Crippen molar-refractivity contribution in [3.8, 4) is 0 Å². The lowest BCUT2D eigenvalue weighted by atomic mass is 9.90. The summed E-state index contributed by atoms with van der Waals surface area (Å²) in [5.41, 5.74) is 1.97. The zero-order valence-electron chi connectivity index (χ0n) is 16.0. The Balaban J connectivity index is 1.38. The van der Waals surface area contributed by atoms with Gasteiger partial charge in [-0.1, -0.05) is 0 Å². The molecule has 4 rings (SSSR count). The molecule has 0 unspecified atom stereocenters. The van der Waals surface area contributed by atoms with Gasteiger partial charge in [-0.25, -0.2) is 9.18 Å². The summed E-state index contributed by atoms with van der Waals surface area (Å²) in [4.78, 5) is 16.0. The Morgan fingerprint density at radius 1 is 1.15 bits per heavy atom. The number of benzene rings is 1. The Kier molecular flexibility index (Phi) is 5.04. The summed E-state index contributed by atoms with van der Waals surface area (Å²) in [6.45, 7) is 3.64. The predicted molar refractivity (Wildman–Crippen MR) is 101 cm³/mol. The number of piperidine rings is 2. The molecule has 2 fully saturated rings. The van der Waals surface area contributed by atoms with Crippen LogP contribution in [-0.2, 0) is 11.8 Å². The topological polar surface area (TPSA) is 50.6 Å². The molecule has 1 amide bonds. The van der Waals surface area contributed by atoms with E-state index in [2.05, 4.69) is 4.90 Å². The first-order chi connectivity index (χ1) is 13.1. The van der Waals surface area contributed by atoms with Gasteiger partial charge in [0.05, 0.1) is 18.3 Å². The van der Waals surface area contributed by atoms with Crippen LogP contribution in [0.25, 0.3) is 10.9 Å². The molecule has 2 aliphatic heterocycles. The van der Waals surface area contributed by atoms with Crippen LogP contribution in [0.3, 0.4) is 0 Å². The Morgan fingerprint density at radius 2 is 1.85 bits per heavy atom. The first kappa shape index (κ1) is 18.2. The standard InChI is InChI=1S/C20H27FN4O2/c1-23-18-13-15(21)3-4-17(18)19(22-23)14-5-9-24(10-6-14)16-7-11-25(12-8-16)20(26)27-2/h3-4,13-14,16H,5-12H2,1-2H3. The molecule has 1 aromatic heterocycles. The van der Waals surface area contributed by atoms with Gasteiger partial charge < -0.3 is 14.5 Å². The molecule has 3 heterocycles. The van der Waals surface area contributed by atoms with Crippen molar-refractivity contribution in [2.24, 2.45) is 7.05 Å². The third-order valence-corrected chi connectivity index (χ3v) is 6.17. The molecular formula is C20H27FN4O2. The van der Waals surface area contributed by atoms with E-state index in [1.165, 1.54) is 13.2 Å². The molecule has 0 radical (unpaired) electrons. The number of halogens is 1. The number of aryl methyl sites for hydroxylation is 1. The third kappa shape index (κ3) is 3.52. The molecule has 0 aliphatic carbocycles. The average Bonchev–Trinajstić information content (AvgIpc) is 3.03. The van der Waals surface area contributed by atoms with E-state index in [1.54, 1.807) is 15.6 Å². The lowest BCUT2D eigenvalue weighted by Gasteiger charge is -2.41. The second-order valence-corrected chi connectivity index (χ2v) is 7.67. The molecule has 27 heavy (non-hydrogen) atoms. The van der Waals surface area contributed by atoms with Crippen LogP contribution in [0.5, 0.6) is 0 Å². The molecule has 0 saturated carbocycles. The Morgan fingerprint density at radius 3 is 2.52 bits per heavy atom. The van der Waals surface area contributed by atoms with Gasteiger partial charge in [-0.15, -0.1) is 0 Å². The van der Waals surface area contributed by atoms with Crippen molar-refractivity contribution >= 4 is 17.0 Å². The van der Waals surface area contributed by atoms with Crippen LogP contribution in [0.15, 0.2) is 18.2 Å². The molecule has 0 atom stereocenters. The van der Waals surface area contributed by atoms with Gasteiger partial charge in [0.1, 0.15) is 5.82 Å². The van der Waals surface area contributed by atoms with Crippen molar-refractivity contribution in [1.82, 2.24) is 19.6 Å².